The van der Waals surface area contributed by atoms with E-state index in [2.05, 4.69) is 10.4 Å². The molecule has 0 saturated carbocycles. The van der Waals surface area contributed by atoms with Crippen molar-refractivity contribution in [3.8, 4) is 0 Å². The van der Waals surface area contributed by atoms with Gasteiger partial charge < -0.3 is 30.3 Å². The zero-order valence-electron chi connectivity index (χ0n) is 17.5. The van der Waals surface area contributed by atoms with E-state index in [1.165, 1.54) is 28.3 Å². The highest BCUT2D eigenvalue weighted by molar-refractivity contribution is 7.51. The van der Waals surface area contributed by atoms with Gasteiger partial charge in [0.2, 0.25) is 0 Å². The molecule has 5 N–H and O–H groups in total. The van der Waals surface area contributed by atoms with E-state index in [-0.39, 0.29) is 18.0 Å². The van der Waals surface area contributed by atoms with Crippen molar-refractivity contribution in [2.24, 2.45) is 5.73 Å². The zero-order chi connectivity index (χ0) is 23.2. The molecular weight excluding hydrogens is 447 g/mol. The fourth-order valence-electron chi connectivity index (χ4n) is 3.64. The number of nitrogens with two attached hydrogens (primary N) is 1. The van der Waals surface area contributed by atoms with Crippen molar-refractivity contribution in [3.63, 3.8) is 0 Å². The molecule has 1 aliphatic heterocycles. The Morgan fingerprint density at radius 2 is 2.06 bits per heavy atom. The van der Waals surface area contributed by atoms with E-state index in [4.69, 9.17) is 25.0 Å². The second-order valence-corrected chi connectivity index (χ2v) is 11.0. The maximum Gasteiger partial charge on any atom is 0.351 e. The van der Waals surface area contributed by atoms with Gasteiger partial charge >= 0.3 is 7.60 Å². The van der Waals surface area contributed by atoms with Crippen LogP contribution in [0.5, 0.6) is 0 Å². The number of nitrogens with zero attached hydrogens (tertiary/aromatic N) is 2. The van der Waals surface area contributed by atoms with Crippen LogP contribution in [0.25, 0.3) is 0 Å². The molecule has 1 aliphatic rings. The van der Waals surface area contributed by atoms with Crippen molar-refractivity contribution < 1.29 is 33.4 Å². The summed E-state index contributed by atoms with van der Waals surface area (Å²) in [6.45, 7) is 7.43. The third kappa shape index (κ3) is 5.40. The van der Waals surface area contributed by atoms with Gasteiger partial charge in [0, 0.05) is 17.5 Å². The Hall–Kier alpha value is -2.08. The van der Waals surface area contributed by atoms with Crippen LogP contribution < -0.4 is 11.1 Å². The summed E-state index contributed by atoms with van der Waals surface area (Å²) in [5.41, 5.74) is 5.55. The van der Waals surface area contributed by atoms with Crippen LogP contribution >= 0.6 is 18.9 Å². The van der Waals surface area contributed by atoms with Crippen molar-refractivity contribution in [1.82, 2.24) is 9.78 Å². The number of nitrogens with one attached hydrogen (secondary N) is 1. The maximum atomic E-state index is 12.7. The highest BCUT2D eigenvalue weighted by Gasteiger charge is 2.43. The molecule has 0 unspecified atom stereocenters. The molecule has 0 saturated heterocycles. The quantitative estimate of drug-likeness (QED) is 0.444. The number of primary amides is 1. The van der Waals surface area contributed by atoms with Crippen LogP contribution in [-0.2, 0) is 32.8 Å². The number of carbonyl (C=O) groups is 2. The van der Waals surface area contributed by atoms with Crippen LogP contribution in [-0.4, -0.2) is 43.3 Å². The highest BCUT2D eigenvalue weighted by Crippen LogP contribution is 2.48. The number of thiophene rings is 1. The SMILES string of the molecule is CC1(C)Cc2c(sc(NC(=O)c3ccn(COCP(=O)(O)O)n3)c2C(N)=O)C(C)(C)O1. The molecule has 2 aromatic heterocycles. The largest absolute Gasteiger partial charge is 0.365 e. The summed E-state index contributed by atoms with van der Waals surface area (Å²) in [6.07, 6.45) is 1.15. The second kappa shape index (κ2) is 8.12. The fraction of sp³-hybridized carbons (Fsp3) is 0.500. The van der Waals surface area contributed by atoms with Gasteiger partial charge in [0.25, 0.3) is 11.8 Å². The molecule has 3 rings (SSSR count). The average molecular weight is 472 g/mol. The molecular formula is C18H25N4O7PS. The van der Waals surface area contributed by atoms with Crippen LogP contribution in [0.1, 0.15) is 59.0 Å². The zero-order valence-corrected chi connectivity index (χ0v) is 19.2. The number of carbonyl (C=O) groups excluding carboxylic acids is 2. The number of ether oxygens (including phenoxy) is 2. The van der Waals surface area contributed by atoms with Gasteiger partial charge in [-0.05, 0) is 39.3 Å². The third-order valence-electron chi connectivity index (χ3n) is 4.52. The van der Waals surface area contributed by atoms with Crippen LogP contribution in [0.4, 0.5) is 5.00 Å². The van der Waals surface area contributed by atoms with Gasteiger partial charge in [-0.3, -0.25) is 14.2 Å². The predicted molar refractivity (Wildman–Crippen MR) is 113 cm³/mol. The maximum absolute atomic E-state index is 12.7. The summed E-state index contributed by atoms with van der Waals surface area (Å²) in [5.74, 6) is -1.20. The van der Waals surface area contributed by atoms with E-state index < -0.39 is 37.0 Å². The first-order chi connectivity index (χ1) is 14.2. The van der Waals surface area contributed by atoms with Gasteiger partial charge in [-0.25, -0.2) is 4.68 Å². The van der Waals surface area contributed by atoms with E-state index >= 15 is 0 Å². The summed E-state index contributed by atoms with van der Waals surface area (Å²) in [4.78, 5) is 43.4. The Labute approximate surface area is 182 Å². The molecule has 3 heterocycles. The van der Waals surface area contributed by atoms with Crippen molar-refractivity contribution >= 4 is 35.7 Å². The molecule has 170 valence electrons. The van der Waals surface area contributed by atoms with Crippen molar-refractivity contribution in [1.29, 1.82) is 0 Å². The Morgan fingerprint density at radius 3 is 2.68 bits per heavy atom. The summed E-state index contributed by atoms with van der Waals surface area (Å²) in [6, 6.07) is 1.42. The summed E-state index contributed by atoms with van der Waals surface area (Å²) in [5, 5.41) is 7.05. The minimum atomic E-state index is -4.29. The van der Waals surface area contributed by atoms with Gasteiger partial charge in [0.05, 0.1) is 16.8 Å². The van der Waals surface area contributed by atoms with Crippen molar-refractivity contribution in [3.05, 3.63) is 34.0 Å². The molecule has 0 radical (unpaired) electrons. The van der Waals surface area contributed by atoms with Crippen LogP contribution in [0.3, 0.4) is 0 Å². The first-order valence-electron chi connectivity index (χ1n) is 9.32. The molecule has 0 fully saturated rings. The molecule has 0 bridgehead atoms. The standard InChI is InChI=1S/C18H25N4O7PS/c1-17(2)7-10-12(14(19)23)16(31-13(10)18(3,4)29-17)20-15(24)11-5-6-22(21-11)8-28-9-30(25,26)27/h5-6H,7-9H2,1-4H3,(H2,19,23)(H,20,24)(H2,25,26,27). The van der Waals surface area contributed by atoms with Crippen LogP contribution in [0.15, 0.2) is 12.3 Å². The smallest absolute Gasteiger partial charge is 0.351 e. The molecule has 0 aliphatic carbocycles. The lowest BCUT2D eigenvalue weighted by molar-refractivity contribution is -0.135. The van der Waals surface area contributed by atoms with Crippen molar-refractivity contribution in [2.45, 2.75) is 52.0 Å². The first kappa shape index (κ1) is 23.6. The first-order valence-corrected chi connectivity index (χ1v) is 11.9. The molecule has 2 amide bonds. The minimum absolute atomic E-state index is 0.0393. The molecule has 0 spiro atoms. The summed E-state index contributed by atoms with van der Waals surface area (Å²) in [7, 11) is -4.29. The number of amides is 2. The molecule has 13 heteroatoms. The van der Waals surface area contributed by atoms with Gasteiger partial charge in [-0.2, -0.15) is 5.10 Å². The van der Waals surface area contributed by atoms with E-state index in [1.807, 2.05) is 27.7 Å². The Kier molecular flexibility index (Phi) is 6.18. The molecule has 11 nitrogen and oxygen atoms in total. The number of anilines is 1. The lowest BCUT2D eigenvalue weighted by Crippen LogP contribution is -2.42. The average Bonchev–Trinajstić information content (AvgIpc) is 3.17. The monoisotopic (exact) mass is 472 g/mol. The predicted octanol–water partition coefficient (Wildman–Crippen LogP) is 1.99. The Balaban J connectivity index is 1.82. The molecule has 31 heavy (non-hydrogen) atoms. The second-order valence-electron chi connectivity index (χ2n) is 8.35. The number of hydrogen-bond donors (Lipinski definition) is 4. The lowest BCUT2D eigenvalue weighted by Gasteiger charge is -2.41. The minimum Gasteiger partial charge on any atom is -0.365 e. The van der Waals surface area contributed by atoms with Crippen molar-refractivity contribution in [2.75, 3.05) is 11.7 Å². The lowest BCUT2D eigenvalue weighted by atomic mass is 9.86. The summed E-state index contributed by atoms with van der Waals surface area (Å²) >= 11 is 1.24. The van der Waals surface area contributed by atoms with E-state index in [0.29, 0.717) is 11.4 Å². The molecule has 0 aromatic carbocycles. The number of hydrogen-bond acceptors (Lipinski definition) is 7. The normalized spacial score (nSPS) is 17.2. The fourth-order valence-corrected chi connectivity index (χ4v) is 5.22. The van der Waals surface area contributed by atoms with Crippen LogP contribution in [0.2, 0.25) is 0 Å². The van der Waals surface area contributed by atoms with E-state index in [1.54, 1.807) is 0 Å². The van der Waals surface area contributed by atoms with Crippen LogP contribution in [0, 0.1) is 0 Å². The molecule has 0 atom stereocenters. The number of aromatic nitrogens is 2. The topological polar surface area (TPSA) is 166 Å². The number of fused-ring (bicyclic) bond motifs is 1. The third-order valence-corrected chi connectivity index (χ3v) is 6.49. The van der Waals surface area contributed by atoms with Gasteiger partial charge in [-0.1, -0.05) is 0 Å². The molecule has 2 aromatic rings. The highest BCUT2D eigenvalue weighted by atomic mass is 32.1. The summed E-state index contributed by atoms with van der Waals surface area (Å²) < 4.78 is 23.1. The van der Waals surface area contributed by atoms with Gasteiger partial charge in [0.15, 0.2) is 12.0 Å². The van der Waals surface area contributed by atoms with Gasteiger partial charge in [0.1, 0.15) is 11.7 Å². The van der Waals surface area contributed by atoms with Gasteiger partial charge in [-0.15, -0.1) is 11.3 Å². The van der Waals surface area contributed by atoms with E-state index in [0.717, 1.165) is 10.4 Å². The Bertz CT molecular complexity index is 1070. The number of rotatable bonds is 7. The Morgan fingerprint density at radius 1 is 1.39 bits per heavy atom. The van der Waals surface area contributed by atoms with E-state index in [9.17, 15) is 14.2 Å².